The van der Waals surface area contributed by atoms with Gasteiger partial charge >= 0.3 is 0 Å². The lowest BCUT2D eigenvalue weighted by Gasteiger charge is -2.39. The Hall–Kier alpha value is -1.30. The largest absolute Gasteiger partial charge is 0.355 e. The molecule has 3 N–H and O–H groups in total. The highest BCUT2D eigenvalue weighted by atomic mass is 35.5. The van der Waals surface area contributed by atoms with E-state index in [9.17, 15) is 9.59 Å². The van der Waals surface area contributed by atoms with Crippen LogP contribution in [-0.4, -0.2) is 42.9 Å². The van der Waals surface area contributed by atoms with E-state index in [1.165, 1.54) is 0 Å². The van der Waals surface area contributed by atoms with Crippen molar-refractivity contribution in [1.29, 1.82) is 0 Å². The van der Waals surface area contributed by atoms with E-state index in [2.05, 4.69) is 11.4 Å². The summed E-state index contributed by atoms with van der Waals surface area (Å²) < 4.78 is 0. The number of hydrogen-bond donors (Lipinski definition) is 2. The van der Waals surface area contributed by atoms with Crippen molar-refractivity contribution in [3.8, 4) is 0 Å². The second-order valence-electron chi connectivity index (χ2n) is 7.96. The van der Waals surface area contributed by atoms with Gasteiger partial charge in [0.1, 0.15) is 0 Å². The van der Waals surface area contributed by atoms with Gasteiger partial charge in [0.25, 0.3) is 0 Å². The molecule has 0 bridgehead atoms. The third kappa shape index (κ3) is 5.40. The molecule has 1 atom stereocenters. The maximum atomic E-state index is 13.5. The average Bonchev–Trinajstić information content (AvgIpc) is 3.15. The van der Waals surface area contributed by atoms with E-state index in [0.29, 0.717) is 24.7 Å². The molecule has 1 aliphatic heterocycles. The van der Waals surface area contributed by atoms with E-state index < -0.39 is 0 Å². The Labute approximate surface area is 178 Å². The quantitative estimate of drug-likeness (QED) is 0.731. The molecule has 28 heavy (non-hydrogen) atoms. The zero-order valence-electron chi connectivity index (χ0n) is 16.3. The molecule has 0 spiro atoms. The van der Waals surface area contributed by atoms with Crippen molar-refractivity contribution in [1.82, 2.24) is 10.2 Å². The minimum Gasteiger partial charge on any atom is -0.355 e. The topological polar surface area (TPSA) is 75.4 Å². The minimum absolute atomic E-state index is 0. The second kappa shape index (κ2) is 10.5. The Kier molecular flexibility index (Phi) is 8.59. The van der Waals surface area contributed by atoms with Gasteiger partial charge in [0.05, 0.1) is 11.3 Å². The summed E-state index contributed by atoms with van der Waals surface area (Å²) in [7, 11) is 0. The Balaban J connectivity index is 0.00000280. The summed E-state index contributed by atoms with van der Waals surface area (Å²) in [6.45, 7) is 2.19. The minimum atomic E-state index is -0.347. The molecule has 2 aliphatic rings. The van der Waals surface area contributed by atoms with Crippen molar-refractivity contribution in [3.63, 3.8) is 0 Å². The highest BCUT2D eigenvalue weighted by Crippen LogP contribution is 2.43. The van der Waals surface area contributed by atoms with Crippen LogP contribution in [0.2, 0.25) is 5.02 Å². The van der Waals surface area contributed by atoms with Gasteiger partial charge in [0.2, 0.25) is 11.8 Å². The van der Waals surface area contributed by atoms with E-state index in [1.54, 1.807) is 0 Å². The Morgan fingerprint density at radius 2 is 2.00 bits per heavy atom. The first-order valence-electron chi connectivity index (χ1n) is 10.1. The molecule has 1 aromatic rings. The number of hydrogen-bond acceptors (Lipinski definition) is 3. The Morgan fingerprint density at radius 1 is 1.25 bits per heavy atom. The lowest BCUT2D eigenvalue weighted by molar-refractivity contribution is -0.145. The van der Waals surface area contributed by atoms with Crippen LogP contribution in [0.15, 0.2) is 24.3 Å². The number of nitrogens with zero attached hydrogens (tertiary/aromatic N) is 1. The van der Waals surface area contributed by atoms with Crippen LogP contribution >= 0.6 is 24.0 Å². The summed E-state index contributed by atoms with van der Waals surface area (Å²) in [6.07, 6.45) is 6.44. The van der Waals surface area contributed by atoms with Crippen molar-refractivity contribution in [2.45, 2.75) is 44.9 Å². The Bertz CT molecular complexity index is 677. The van der Waals surface area contributed by atoms with Crippen LogP contribution < -0.4 is 11.1 Å². The summed E-state index contributed by atoms with van der Waals surface area (Å²) in [5.41, 5.74) is 6.25. The number of nitrogens with one attached hydrogen (secondary N) is 1. The van der Waals surface area contributed by atoms with E-state index in [0.717, 1.165) is 57.1 Å². The molecule has 2 amide bonds. The molecule has 1 heterocycles. The zero-order chi connectivity index (χ0) is 19.3. The van der Waals surface area contributed by atoms with Gasteiger partial charge in [-0.05, 0) is 49.8 Å². The maximum Gasteiger partial charge on any atom is 0.229 e. The number of likely N-dealkylation sites (tertiary alicyclic amines) is 1. The van der Waals surface area contributed by atoms with Gasteiger partial charge in [-0.1, -0.05) is 36.6 Å². The Morgan fingerprint density at radius 3 is 2.68 bits per heavy atom. The van der Waals surface area contributed by atoms with Gasteiger partial charge in [-0.25, -0.2) is 0 Å². The standard InChI is InChI=1S/C21H30ClN3O2.ClH/c22-18-7-3-5-16(13-18)14-21(8-1-2-9-21)20(27)25-12-4-6-17(15-25)19(26)24-11-10-23;/h3,5,7,13,17H,1-2,4,6,8-12,14-15,23H2,(H,24,26);1H. The second-order valence-corrected chi connectivity index (χ2v) is 8.40. The summed E-state index contributed by atoms with van der Waals surface area (Å²) in [6, 6.07) is 7.83. The molecule has 0 aromatic heterocycles. The molecule has 156 valence electrons. The molecular weight excluding hydrogens is 397 g/mol. The van der Waals surface area contributed by atoms with Crippen molar-refractivity contribution >= 4 is 35.8 Å². The number of nitrogens with two attached hydrogens (primary N) is 1. The fraction of sp³-hybridized carbons (Fsp3) is 0.619. The normalized spacial score (nSPS) is 21.1. The van der Waals surface area contributed by atoms with Gasteiger partial charge in [-0.15, -0.1) is 12.4 Å². The van der Waals surface area contributed by atoms with Crippen LogP contribution in [-0.2, 0) is 16.0 Å². The van der Waals surface area contributed by atoms with Crippen molar-refractivity contribution < 1.29 is 9.59 Å². The number of halogens is 2. The van der Waals surface area contributed by atoms with Gasteiger partial charge in [-0.3, -0.25) is 9.59 Å². The zero-order valence-corrected chi connectivity index (χ0v) is 17.9. The van der Waals surface area contributed by atoms with Gasteiger partial charge in [0.15, 0.2) is 0 Å². The monoisotopic (exact) mass is 427 g/mol. The van der Waals surface area contributed by atoms with Gasteiger partial charge < -0.3 is 16.0 Å². The molecular formula is C21H31Cl2N3O2. The van der Waals surface area contributed by atoms with E-state index in [1.807, 2.05) is 23.1 Å². The fourth-order valence-corrected chi connectivity index (χ4v) is 4.82. The third-order valence-corrected chi connectivity index (χ3v) is 6.20. The molecule has 0 radical (unpaired) electrons. The van der Waals surface area contributed by atoms with Crippen LogP contribution in [0.5, 0.6) is 0 Å². The molecule has 1 unspecified atom stereocenters. The average molecular weight is 428 g/mol. The highest BCUT2D eigenvalue weighted by molar-refractivity contribution is 6.30. The molecule has 7 heteroatoms. The van der Waals surface area contributed by atoms with Crippen LogP contribution in [0.1, 0.15) is 44.1 Å². The summed E-state index contributed by atoms with van der Waals surface area (Å²) in [5.74, 6) is 0.114. The third-order valence-electron chi connectivity index (χ3n) is 5.97. The molecule has 3 rings (SSSR count). The summed E-state index contributed by atoms with van der Waals surface area (Å²) in [4.78, 5) is 27.8. The molecule has 5 nitrogen and oxygen atoms in total. The number of rotatable bonds is 6. The van der Waals surface area contributed by atoms with Crippen LogP contribution in [0.4, 0.5) is 0 Å². The molecule has 1 saturated carbocycles. The van der Waals surface area contributed by atoms with Gasteiger partial charge in [0, 0.05) is 31.2 Å². The van der Waals surface area contributed by atoms with Crippen LogP contribution in [0.25, 0.3) is 0 Å². The lowest BCUT2D eigenvalue weighted by Crippen LogP contribution is -2.51. The van der Waals surface area contributed by atoms with E-state index >= 15 is 0 Å². The SMILES string of the molecule is Cl.NCCNC(=O)C1CCCN(C(=O)C2(Cc3cccc(Cl)c3)CCCC2)C1. The van der Waals surface area contributed by atoms with Crippen LogP contribution in [0.3, 0.4) is 0 Å². The predicted octanol–water partition coefficient (Wildman–Crippen LogP) is 3.18. The fourth-order valence-electron chi connectivity index (χ4n) is 4.61. The van der Waals surface area contributed by atoms with Crippen molar-refractivity contribution in [2.75, 3.05) is 26.2 Å². The lowest BCUT2D eigenvalue weighted by atomic mass is 9.78. The number of carbonyl (C=O) groups is 2. The first-order chi connectivity index (χ1) is 13.0. The smallest absolute Gasteiger partial charge is 0.229 e. The number of carbonyl (C=O) groups excluding carboxylic acids is 2. The first kappa shape index (κ1) is 23.0. The number of benzene rings is 1. The first-order valence-corrected chi connectivity index (χ1v) is 10.4. The molecule has 1 saturated heterocycles. The predicted molar refractivity (Wildman–Crippen MR) is 115 cm³/mol. The number of piperidine rings is 1. The van der Waals surface area contributed by atoms with Gasteiger partial charge in [-0.2, -0.15) is 0 Å². The van der Waals surface area contributed by atoms with Crippen LogP contribution in [0, 0.1) is 11.3 Å². The maximum absolute atomic E-state index is 13.5. The number of amides is 2. The van der Waals surface area contributed by atoms with E-state index in [4.69, 9.17) is 17.3 Å². The molecule has 2 fully saturated rings. The summed E-state index contributed by atoms with van der Waals surface area (Å²) >= 11 is 6.15. The molecule has 1 aliphatic carbocycles. The summed E-state index contributed by atoms with van der Waals surface area (Å²) in [5, 5.41) is 3.58. The van der Waals surface area contributed by atoms with Crippen molar-refractivity contribution in [3.05, 3.63) is 34.9 Å². The van der Waals surface area contributed by atoms with E-state index in [-0.39, 0.29) is 35.6 Å². The molecule has 1 aromatic carbocycles. The highest BCUT2D eigenvalue weighted by Gasteiger charge is 2.44. The van der Waals surface area contributed by atoms with Crippen molar-refractivity contribution in [2.24, 2.45) is 17.1 Å².